The van der Waals surface area contributed by atoms with Gasteiger partial charge in [-0.05, 0) is 26.0 Å². The van der Waals surface area contributed by atoms with Gasteiger partial charge < -0.3 is 9.84 Å². The summed E-state index contributed by atoms with van der Waals surface area (Å²) >= 11 is 1.17. The molecule has 0 fully saturated rings. The topological polar surface area (TPSA) is 83.8 Å². The number of para-hydroxylation sites is 1. The minimum atomic E-state index is -0.384. The number of hydrazone groups is 1. The number of hydrogen-bond donors (Lipinski definition) is 2. The fourth-order valence-corrected chi connectivity index (χ4v) is 2.39. The Kier molecular flexibility index (Phi) is 4.89. The molecule has 0 saturated heterocycles. The molecule has 21 heavy (non-hydrogen) atoms. The predicted molar refractivity (Wildman–Crippen MR) is 82.1 cm³/mol. The molecule has 7 heteroatoms. The SMILES string of the molecule is CCOC(=O)c1sc(N/N=C/c2ccccc2O)nc1C. The average Bonchev–Trinajstić information content (AvgIpc) is 2.82. The molecule has 2 rings (SSSR count). The van der Waals surface area contributed by atoms with E-state index < -0.39 is 0 Å². The maximum absolute atomic E-state index is 11.7. The van der Waals surface area contributed by atoms with E-state index in [4.69, 9.17) is 4.74 Å². The van der Waals surface area contributed by atoms with Gasteiger partial charge in [0.2, 0.25) is 5.13 Å². The number of nitrogens with zero attached hydrogens (tertiary/aromatic N) is 2. The van der Waals surface area contributed by atoms with Gasteiger partial charge in [0.15, 0.2) is 0 Å². The Labute approximate surface area is 126 Å². The molecule has 0 aliphatic carbocycles. The molecule has 0 unspecified atom stereocenters. The van der Waals surface area contributed by atoms with E-state index in [1.165, 1.54) is 17.6 Å². The number of aromatic hydroxyl groups is 1. The normalized spacial score (nSPS) is 10.8. The van der Waals surface area contributed by atoms with Gasteiger partial charge in [-0.1, -0.05) is 23.5 Å². The van der Waals surface area contributed by atoms with E-state index >= 15 is 0 Å². The number of phenols is 1. The van der Waals surface area contributed by atoms with E-state index in [1.807, 2.05) is 0 Å². The van der Waals surface area contributed by atoms with E-state index in [-0.39, 0.29) is 11.7 Å². The summed E-state index contributed by atoms with van der Waals surface area (Å²) in [4.78, 5) is 16.3. The Balaban J connectivity index is 2.06. The number of phenolic OH excluding ortho intramolecular Hbond substituents is 1. The minimum Gasteiger partial charge on any atom is -0.507 e. The van der Waals surface area contributed by atoms with Crippen LogP contribution in [0.5, 0.6) is 5.75 Å². The van der Waals surface area contributed by atoms with Crippen molar-refractivity contribution in [1.82, 2.24) is 4.98 Å². The van der Waals surface area contributed by atoms with Crippen molar-refractivity contribution in [3.8, 4) is 5.75 Å². The van der Waals surface area contributed by atoms with Crippen LogP contribution >= 0.6 is 11.3 Å². The summed E-state index contributed by atoms with van der Waals surface area (Å²) in [5, 5.41) is 14.1. The highest BCUT2D eigenvalue weighted by Gasteiger charge is 2.15. The second-order valence-corrected chi connectivity index (χ2v) is 5.08. The third kappa shape index (κ3) is 3.79. The van der Waals surface area contributed by atoms with E-state index in [1.54, 1.807) is 38.1 Å². The summed E-state index contributed by atoms with van der Waals surface area (Å²) in [6, 6.07) is 6.84. The van der Waals surface area contributed by atoms with Crippen molar-refractivity contribution in [2.45, 2.75) is 13.8 Å². The second-order valence-electron chi connectivity index (χ2n) is 4.08. The largest absolute Gasteiger partial charge is 0.507 e. The molecule has 0 radical (unpaired) electrons. The van der Waals surface area contributed by atoms with Crippen LogP contribution in [0, 0.1) is 6.92 Å². The molecular weight excluding hydrogens is 290 g/mol. The van der Waals surface area contributed by atoms with E-state index in [9.17, 15) is 9.90 Å². The Morgan fingerprint density at radius 1 is 1.52 bits per heavy atom. The number of carbonyl (C=O) groups excluding carboxylic acids is 1. The summed E-state index contributed by atoms with van der Waals surface area (Å²) in [7, 11) is 0. The molecule has 1 aromatic heterocycles. The van der Waals surface area contributed by atoms with Gasteiger partial charge >= 0.3 is 5.97 Å². The smallest absolute Gasteiger partial charge is 0.350 e. The highest BCUT2D eigenvalue weighted by Crippen LogP contribution is 2.23. The van der Waals surface area contributed by atoms with Crippen LogP contribution in [0.25, 0.3) is 0 Å². The first-order chi connectivity index (χ1) is 10.1. The summed E-state index contributed by atoms with van der Waals surface area (Å²) in [6.07, 6.45) is 1.48. The zero-order chi connectivity index (χ0) is 15.2. The Hall–Kier alpha value is -2.41. The zero-order valence-corrected chi connectivity index (χ0v) is 12.5. The number of aromatic nitrogens is 1. The van der Waals surface area contributed by atoms with Gasteiger partial charge in [-0.3, -0.25) is 5.43 Å². The number of ether oxygens (including phenoxy) is 1. The van der Waals surface area contributed by atoms with Gasteiger partial charge in [0.25, 0.3) is 0 Å². The Morgan fingerprint density at radius 3 is 3.00 bits per heavy atom. The standard InChI is InChI=1S/C14H15N3O3S/c1-3-20-13(19)12-9(2)16-14(21-12)17-15-8-10-6-4-5-7-11(10)18/h4-8,18H,3H2,1-2H3,(H,16,17)/b15-8+. The lowest BCUT2D eigenvalue weighted by atomic mass is 10.2. The van der Waals surface area contributed by atoms with Crippen LogP contribution in [0.4, 0.5) is 5.13 Å². The summed E-state index contributed by atoms with van der Waals surface area (Å²) in [5.74, 6) is -0.240. The molecular formula is C14H15N3O3S. The maximum Gasteiger partial charge on any atom is 0.350 e. The molecule has 0 atom stereocenters. The first-order valence-corrected chi connectivity index (χ1v) is 7.15. The maximum atomic E-state index is 11.7. The molecule has 0 amide bonds. The predicted octanol–water partition coefficient (Wildman–Crippen LogP) is 2.78. The van der Waals surface area contributed by atoms with E-state index in [2.05, 4.69) is 15.5 Å². The molecule has 6 nitrogen and oxygen atoms in total. The molecule has 0 aliphatic heterocycles. The molecule has 0 saturated carbocycles. The first kappa shape index (κ1) is 15.0. The van der Waals surface area contributed by atoms with Crippen LogP contribution in [-0.2, 0) is 4.74 Å². The lowest BCUT2D eigenvalue weighted by Gasteiger charge is -1.97. The van der Waals surface area contributed by atoms with Crippen molar-refractivity contribution in [3.05, 3.63) is 40.4 Å². The fraction of sp³-hybridized carbons (Fsp3) is 0.214. The van der Waals surface area contributed by atoms with E-state index in [0.29, 0.717) is 27.9 Å². The molecule has 110 valence electrons. The second kappa shape index (κ2) is 6.85. The zero-order valence-electron chi connectivity index (χ0n) is 11.7. The van der Waals surface area contributed by atoms with Crippen molar-refractivity contribution in [1.29, 1.82) is 0 Å². The number of carbonyl (C=O) groups is 1. The number of aryl methyl sites for hydroxylation is 1. The number of benzene rings is 1. The third-order valence-corrected chi connectivity index (χ3v) is 3.60. The van der Waals surface area contributed by atoms with Gasteiger partial charge in [0, 0.05) is 5.56 Å². The summed E-state index contributed by atoms with van der Waals surface area (Å²) in [5.41, 5.74) is 3.92. The van der Waals surface area contributed by atoms with Crippen LogP contribution in [-0.4, -0.2) is 28.9 Å². The summed E-state index contributed by atoms with van der Waals surface area (Å²) < 4.78 is 4.94. The highest BCUT2D eigenvalue weighted by molar-refractivity contribution is 7.17. The lowest BCUT2D eigenvalue weighted by Crippen LogP contribution is -2.03. The number of rotatable bonds is 5. The lowest BCUT2D eigenvalue weighted by molar-refractivity contribution is 0.0531. The van der Waals surface area contributed by atoms with Gasteiger partial charge in [0.05, 0.1) is 18.5 Å². The molecule has 2 N–H and O–H groups in total. The molecule has 2 aromatic rings. The average molecular weight is 305 g/mol. The van der Waals surface area contributed by atoms with Crippen molar-refractivity contribution < 1.29 is 14.6 Å². The van der Waals surface area contributed by atoms with Crippen LogP contribution < -0.4 is 5.43 Å². The van der Waals surface area contributed by atoms with Gasteiger partial charge in [-0.2, -0.15) is 5.10 Å². The molecule has 0 spiro atoms. The third-order valence-electron chi connectivity index (χ3n) is 2.56. The van der Waals surface area contributed by atoms with Crippen LogP contribution in [0.1, 0.15) is 27.9 Å². The first-order valence-electron chi connectivity index (χ1n) is 6.33. The highest BCUT2D eigenvalue weighted by atomic mass is 32.1. The Bertz CT molecular complexity index is 667. The number of esters is 1. The number of thiazole rings is 1. The number of hydrogen-bond acceptors (Lipinski definition) is 7. The molecule has 0 aliphatic rings. The van der Waals surface area contributed by atoms with Crippen LogP contribution in [0.2, 0.25) is 0 Å². The fourth-order valence-electron chi connectivity index (χ4n) is 1.58. The molecule has 1 aromatic carbocycles. The number of nitrogens with one attached hydrogen (secondary N) is 1. The van der Waals surface area contributed by atoms with Gasteiger partial charge in [0.1, 0.15) is 10.6 Å². The van der Waals surface area contributed by atoms with Gasteiger partial charge in [-0.15, -0.1) is 0 Å². The number of anilines is 1. The summed E-state index contributed by atoms with van der Waals surface area (Å²) in [6.45, 7) is 3.81. The van der Waals surface area contributed by atoms with Crippen LogP contribution in [0.15, 0.2) is 29.4 Å². The minimum absolute atomic E-state index is 0.144. The Morgan fingerprint density at radius 2 is 2.29 bits per heavy atom. The van der Waals surface area contributed by atoms with Crippen molar-refractivity contribution in [2.24, 2.45) is 5.10 Å². The molecule has 1 heterocycles. The quantitative estimate of drug-likeness (QED) is 0.504. The van der Waals surface area contributed by atoms with Crippen molar-refractivity contribution in [2.75, 3.05) is 12.0 Å². The molecule has 0 bridgehead atoms. The van der Waals surface area contributed by atoms with Gasteiger partial charge in [-0.25, -0.2) is 9.78 Å². The monoisotopic (exact) mass is 305 g/mol. The van der Waals surface area contributed by atoms with Crippen LogP contribution in [0.3, 0.4) is 0 Å². The van der Waals surface area contributed by atoms with Crippen molar-refractivity contribution in [3.63, 3.8) is 0 Å². The van der Waals surface area contributed by atoms with Crippen molar-refractivity contribution >= 4 is 28.7 Å². The van der Waals surface area contributed by atoms with E-state index in [0.717, 1.165) is 0 Å².